The molecule has 18 heavy (non-hydrogen) atoms. The monoisotopic (exact) mass is 251 g/mol. The van der Waals surface area contributed by atoms with Crippen molar-refractivity contribution in [1.82, 2.24) is 9.80 Å². The average Bonchev–Trinajstić information content (AvgIpc) is 2.90. The van der Waals surface area contributed by atoms with E-state index in [1.165, 1.54) is 11.1 Å². The van der Waals surface area contributed by atoms with Gasteiger partial charge in [-0.25, -0.2) is 0 Å². The van der Waals surface area contributed by atoms with E-state index in [0.717, 1.165) is 45.6 Å². The fraction of sp³-hybridized carbons (Fsp3) is 0.769. The molecule has 0 radical (unpaired) electrons. The fourth-order valence-corrected chi connectivity index (χ4v) is 3.19. The Morgan fingerprint density at radius 1 is 1.28 bits per heavy atom. The summed E-state index contributed by atoms with van der Waals surface area (Å²) in [5.41, 5.74) is 8.93. The Morgan fingerprint density at radius 3 is 2.50 bits per heavy atom. The molecule has 3 heterocycles. The number of nitrogens with zero attached hydrogens (tertiary/aromatic N) is 2. The van der Waals surface area contributed by atoms with Crippen LogP contribution in [-0.4, -0.2) is 67.2 Å². The number of rotatable bonds is 2. The van der Waals surface area contributed by atoms with Gasteiger partial charge in [-0.05, 0) is 24.5 Å². The maximum atomic E-state index is 10.7. The second-order valence-electron chi connectivity index (χ2n) is 5.71. The van der Waals surface area contributed by atoms with Crippen LogP contribution in [-0.2, 0) is 9.53 Å². The fourth-order valence-electron chi connectivity index (χ4n) is 3.19. The van der Waals surface area contributed by atoms with Crippen molar-refractivity contribution in [2.24, 2.45) is 5.73 Å². The summed E-state index contributed by atoms with van der Waals surface area (Å²) < 4.78 is 5.73. The molecule has 0 spiro atoms. The lowest BCUT2D eigenvalue weighted by atomic mass is 10.00. The molecule has 5 nitrogen and oxygen atoms in total. The standard InChI is InChI=1S/C13H21N3O2/c1-9-13(14)2-12(7-18-9)16-5-10-3-15(8-17)4-11(10)6-16/h8-9,12-13H,2-7,14H2,1H3/t9-,12?,13?/m1/s1. The zero-order valence-electron chi connectivity index (χ0n) is 10.8. The van der Waals surface area contributed by atoms with Gasteiger partial charge in [0.1, 0.15) is 0 Å². The molecule has 3 aliphatic rings. The zero-order valence-corrected chi connectivity index (χ0v) is 10.8. The van der Waals surface area contributed by atoms with Crippen LogP contribution in [0.4, 0.5) is 0 Å². The minimum Gasteiger partial charge on any atom is -0.375 e. The summed E-state index contributed by atoms with van der Waals surface area (Å²) in [5, 5.41) is 0. The Labute approximate surface area is 108 Å². The second kappa shape index (κ2) is 4.64. The molecule has 100 valence electrons. The number of amides is 1. The van der Waals surface area contributed by atoms with Gasteiger partial charge in [0.15, 0.2) is 0 Å². The molecule has 1 amide bonds. The van der Waals surface area contributed by atoms with Crippen LogP contribution in [0.25, 0.3) is 0 Å². The maximum Gasteiger partial charge on any atom is 0.210 e. The SMILES string of the molecule is C[C@H]1OCC(N2CC3=C(CN(C=O)C3)C2)CC1N. The lowest BCUT2D eigenvalue weighted by Gasteiger charge is -2.37. The molecule has 0 bridgehead atoms. The third-order valence-electron chi connectivity index (χ3n) is 4.44. The summed E-state index contributed by atoms with van der Waals surface area (Å²) in [6.07, 6.45) is 2.14. The molecule has 1 fully saturated rings. The summed E-state index contributed by atoms with van der Waals surface area (Å²) >= 11 is 0. The Balaban J connectivity index is 1.57. The molecule has 1 saturated heterocycles. The van der Waals surface area contributed by atoms with Crippen LogP contribution in [0.15, 0.2) is 11.1 Å². The van der Waals surface area contributed by atoms with Gasteiger partial charge >= 0.3 is 0 Å². The van der Waals surface area contributed by atoms with Crippen molar-refractivity contribution in [2.45, 2.75) is 31.5 Å². The molecule has 2 unspecified atom stereocenters. The van der Waals surface area contributed by atoms with Gasteiger partial charge in [0.2, 0.25) is 6.41 Å². The normalized spacial score (nSPS) is 37.2. The molecule has 3 aliphatic heterocycles. The van der Waals surface area contributed by atoms with Crippen LogP contribution in [0.3, 0.4) is 0 Å². The molecule has 0 aromatic carbocycles. The lowest BCUT2D eigenvalue weighted by molar-refractivity contribution is -0.117. The largest absolute Gasteiger partial charge is 0.375 e. The molecular weight excluding hydrogens is 230 g/mol. The number of ether oxygens (including phenoxy) is 1. The number of carbonyl (C=O) groups is 1. The van der Waals surface area contributed by atoms with E-state index in [2.05, 4.69) is 4.90 Å². The van der Waals surface area contributed by atoms with Crippen LogP contribution in [0.5, 0.6) is 0 Å². The van der Waals surface area contributed by atoms with Crippen molar-refractivity contribution in [3.8, 4) is 0 Å². The molecule has 5 heteroatoms. The highest BCUT2D eigenvalue weighted by Gasteiger charge is 2.36. The first-order valence-corrected chi connectivity index (χ1v) is 6.67. The Kier molecular flexibility index (Phi) is 3.13. The van der Waals surface area contributed by atoms with Gasteiger partial charge in [-0.2, -0.15) is 0 Å². The Bertz CT molecular complexity index is 364. The van der Waals surface area contributed by atoms with Crippen LogP contribution in [0.2, 0.25) is 0 Å². The van der Waals surface area contributed by atoms with Crippen molar-refractivity contribution in [2.75, 3.05) is 32.8 Å². The quantitative estimate of drug-likeness (QED) is 0.535. The van der Waals surface area contributed by atoms with E-state index in [1.54, 1.807) is 0 Å². The van der Waals surface area contributed by atoms with Crippen LogP contribution >= 0.6 is 0 Å². The van der Waals surface area contributed by atoms with Crippen LogP contribution in [0, 0.1) is 0 Å². The van der Waals surface area contributed by atoms with Gasteiger partial charge in [0.05, 0.1) is 12.7 Å². The molecule has 0 aromatic rings. The van der Waals surface area contributed by atoms with Crippen molar-refractivity contribution in [3.05, 3.63) is 11.1 Å². The third-order valence-corrected chi connectivity index (χ3v) is 4.44. The summed E-state index contributed by atoms with van der Waals surface area (Å²) in [4.78, 5) is 15.0. The number of hydrogen-bond donors (Lipinski definition) is 1. The van der Waals surface area contributed by atoms with Crippen molar-refractivity contribution in [3.63, 3.8) is 0 Å². The first-order valence-electron chi connectivity index (χ1n) is 6.67. The summed E-state index contributed by atoms with van der Waals surface area (Å²) in [5.74, 6) is 0. The summed E-state index contributed by atoms with van der Waals surface area (Å²) in [7, 11) is 0. The van der Waals surface area contributed by atoms with E-state index >= 15 is 0 Å². The molecule has 2 N–H and O–H groups in total. The highest BCUT2D eigenvalue weighted by Crippen LogP contribution is 2.28. The molecule has 0 aliphatic carbocycles. The van der Waals surface area contributed by atoms with Crippen molar-refractivity contribution in [1.29, 1.82) is 0 Å². The highest BCUT2D eigenvalue weighted by molar-refractivity contribution is 5.52. The summed E-state index contributed by atoms with van der Waals surface area (Å²) in [6.45, 7) is 6.41. The lowest BCUT2D eigenvalue weighted by Crippen LogP contribution is -2.51. The van der Waals surface area contributed by atoms with Crippen LogP contribution in [0.1, 0.15) is 13.3 Å². The third kappa shape index (κ3) is 2.06. The molecule has 3 atom stereocenters. The smallest absolute Gasteiger partial charge is 0.210 e. The topological polar surface area (TPSA) is 58.8 Å². The number of hydrogen-bond acceptors (Lipinski definition) is 4. The average molecular weight is 251 g/mol. The second-order valence-corrected chi connectivity index (χ2v) is 5.71. The predicted octanol–water partition coefficient (Wildman–Crippen LogP) is -0.425. The maximum absolute atomic E-state index is 10.7. The van der Waals surface area contributed by atoms with E-state index < -0.39 is 0 Å². The van der Waals surface area contributed by atoms with Crippen molar-refractivity contribution >= 4 is 6.41 Å². The van der Waals surface area contributed by atoms with Gasteiger partial charge in [0, 0.05) is 38.3 Å². The Hall–Kier alpha value is -0.910. The van der Waals surface area contributed by atoms with Gasteiger partial charge in [-0.15, -0.1) is 0 Å². The van der Waals surface area contributed by atoms with E-state index in [9.17, 15) is 4.79 Å². The van der Waals surface area contributed by atoms with E-state index in [-0.39, 0.29) is 12.1 Å². The predicted molar refractivity (Wildman–Crippen MR) is 68.0 cm³/mol. The number of nitrogens with two attached hydrogens (primary N) is 1. The highest BCUT2D eigenvalue weighted by atomic mass is 16.5. The van der Waals surface area contributed by atoms with Gasteiger partial charge in [-0.1, -0.05) is 0 Å². The number of carbonyl (C=O) groups excluding carboxylic acids is 1. The minimum absolute atomic E-state index is 0.144. The minimum atomic E-state index is 0.144. The summed E-state index contributed by atoms with van der Waals surface area (Å²) in [6, 6.07) is 0.581. The molecule has 0 aromatic heterocycles. The Morgan fingerprint density at radius 2 is 1.94 bits per heavy atom. The van der Waals surface area contributed by atoms with Gasteiger partial charge in [-0.3, -0.25) is 9.69 Å². The van der Waals surface area contributed by atoms with E-state index in [4.69, 9.17) is 10.5 Å². The first-order chi connectivity index (χ1) is 8.67. The van der Waals surface area contributed by atoms with E-state index in [1.807, 2.05) is 11.8 Å². The first kappa shape index (κ1) is 12.1. The molecular formula is C13H21N3O2. The van der Waals surface area contributed by atoms with Crippen molar-refractivity contribution < 1.29 is 9.53 Å². The van der Waals surface area contributed by atoms with Gasteiger partial charge < -0.3 is 15.4 Å². The van der Waals surface area contributed by atoms with E-state index in [0.29, 0.717) is 6.04 Å². The van der Waals surface area contributed by atoms with Crippen LogP contribution < -0.4 is 5.73 Å². The van der Waals surface area contributed by atoms with Gasteiger partial charge in [0.25, 0.3) is 0 Å². The zero-order chi connectivity index (χ0) is 12.7. The molecule has 0 saturated carbocycles. The molecule has 3 rings (SSSR count).